The average Bonchev–Trinajstić information content (AvgIpc) is 3.32. The van der Waals surface area contributed by atoms with E-state index in [2.05, 4.69) is 46.6 Å². The highest BCUT2D eigenvalue weighted by atomic mass is 32.1. The predicted octanol–water partition coefficient (Wildman–Crippen LogP) is 4.19. The zero-order chi connectivity index (χ0) is 17.1. The summed E-state index contributed by atoms with van der Waals surface area (Å²) in [6.45, 7) is 2.94. The smallest absolute Gasteiger partial charge is 0.261 e. The lowest BCUT2D eigenvalue weighted by molar-refractivity contribution is 0.0942. The third kappa shape index (κ3) is 3.80. The van der Waals surface area contributed by atoms with Gasteiger partial charge in [0.15, 0.2) is 0 Å². The average molecular weight is 355 g/mol. The molecule has 0 bridgehead atoms. The number of nitrogens with zero attached hydrogens (tertiary/aromatic N) is 1. The van der Waals surface area contributed by atoms with E-state index >= 15 is 0 Å². The number of nitrogens with one attached hydrogen (secondary N) is 1. The monoisotopic (exact) mass is 354 g/mol. The fraction of sp³-hybridized carbons (Fsp3) is 0.476. The van der Waals surface area contributed by atoms with E-state index in [-0.39, 0.29) is 11.9 Å². The van der Waals surface area contributed by atoms with E-state index in [9.17, 15) is 4.79 Å². The lowest BCUT2D eigenvalue weighted by Crippen LogP contribution is -2.36. The molecule has 3 nitrogen and oxygen atoms in total. The Morgan fingerprint density at radius 1 is 1.08 bits per heavy atom. The maximum atomic E-state index is 12.7. The van der Waals surface area contributed by atoms with Gasteiger partial charge >= 0.3 is 0 Å². The number of hydrogen-bond acceptors (Lipinski definition) is 3. The Bertz CT molecular complexity index is 695. The molecule has 1 unspecified atom stereocenters. The van der Waals surface area contributed by atoms with Gasteiger partial charge in [-0.15, -0.1) is 11.3 Å². The Kier molecular flexibility index (Phi) is 5.18. The molecular formula is C21H26N2OS. The molecule has 0 spiro atoms. The maximum absolute atomic E-state index is 12.7. The highest BCUT2D eigenvalue weighted by Crippen LogP contribution is 2.30. The van der Waals surface area contributed by atoms with Crippen LogP contribution < -0.4 is 5.32 Å². The van der Waals surface area contributed by atoms with Crippen LogP contribution in [0.5, 0.6) is 0 Å². The number of fused-ring (bicyclic) bond motifs is 1. The topological polar surface area (TPSA) is 32.3 Å². The van der Waals surface area contributed by atoms with Crippen LogP contribution in [0.1, 0.15) is 57.4 Å². The van der Waals surface area contributed by atoms with Crippen LogP contribution in [0.2, 0.25) is 0 Å². The zero-order valence-corrected chi connectivity index (χ0v) is 15.5. The number of carbonyl (C=O) groups is 1. The van der Waals surface area contributed by atoms with E-state index in [1.807, 2.05) is 0 Å². The molecule has 1 aromatic carbocycles. The molecule has 1 amide bonds. The molecule has 1 aromatic heterocycles. The molecule has 1 aliphatic carbocycles. The third-order valence-corrected chi connectivity index (χ3v) is 6.68. The summed E-state index contributed by atoms with van der Waals surface area (Å²) < 4.78 is 0. The minimum absolute atomic E-state index is 0.0968. The molecule has 132 valence electrons. The number of hydrogen-bond donors (Lipinski definition) is 1. The quantitative estimate of drug-likeness (QED) is 0.873. The van der Waals surface area contributed by atoms with Gasteiger partial charge in [0.1, 0.15) is 0 Å². The van der Waals surface area contributed by atoms with E-state index in [0.717, 1.165) is 30.8 Å². The Morgan fingerprint density at radius 2 is 1.84 bits per heavy atom. The molecule has 4 heteroatoms. The van der Waals surface area contributed by atoms with Gasteiger partial charge in [0, 0.05) is 11.4 Å². The van der Waals surface area contributed by atoms with Crippen LogP contribution in [-0.4, -0.2) is 30.4 Å². The number of amides is 1. The second kappa shape index (κ2) is 7.71. The highest BCUT2D eigenvalue weighted by molar-refractivity contribution is 7.14. The number of benzene rings is 1. The van der Waals surface area contributed by atoms with Gasteiger partial charge in [-0.1, -0.05) is 30.3 Å². The van der Waals surface area contributed by atoms with Crippen molar-refractivity contribution < 1.29 is 4.79 Å². The summed E-state index contributed by atoms with van der Waals surface area (Å²) >= 11 is 1.70. The van der Waals surface area contributed by atoms with Gasteiger partial charge in [0.2, 0.25) is 0 Å². The molecule has 4 rings (SSSR count). The normalized spacial score (nSPS) is 18.7. The summed E-state index contributed by atoms with van der Waals surface area (Å²) in [6.07, 6.45) is 7.33. The van der Waals surface area contributed by atoms with Crippen molar-refractivity contribution in [1.29, 1.82) is 0 Å². The fourth-order valence-electron chi connectivity index (χ4n) is 4.07. The molecule has 1 atom stereocenters. The summed E-state index contributed by atoms with van der Waals surface area (Å²) in [6, 6.07) is 13.0. The first-order valence-corrected chi connectivity index (χ1v) is 10.3. The molecule has 2 aliphatic rings. The summed E-state index contributed by atoms with van der Waals surface area (Å²) in [5.41, 5.74) is 2.70. The van der Waals surface area contributed by atoms with Gasteiger partial charge in [-0.3, -0.25) is 9.69 Å². The molecule has 0 radical (unpaired) electrons. The second-order valence-corrected chi connectivity index (χ2v) is 8.28. The SMILES string of the molecule is O=C(NCC(c1ccccc1)N1CCCC1)c1cc2c(s1)CCCC2. The van der Waals surface area contributed by atoms with E-state index in [1.165, 1.54) is 41.7 Å². The van der Waals surface area contributed by atoms with Crippen LogP contribution in [0, 0.1) is 0 Å². The van der Waals surface area contributed by atoms with Crippen LogP contribution in [0.3, 0.4) is 0 Å². The number of carbonyl (C=O) groups excluding carboxylic acids is 1. The molecule has 25 heavy (non-hydrogen) atoms. The van der Waals surface area contributed by atoms with Crippen LogP contribution in [0.4, 0.5) is 0 Å². The fourth-order valence-corrected chi connectivity index (χ4v) is 5.24. The standard InChI is InChI=1S/C21H26N2OS/c24-21(20-14-17-10-4-5-11-19(17)25-20)22-15-18(23-12-6-7-13-23)16-8-2-1-3-9-16/h1-3,8-9,14,18H,4-7,10-13,15H2,(H,22,24). The lowest BCUT2D eigenvalue weighted by Gasteiger charge is -2.28. The molecule has 1 N–H and O–H groups in total. The van der Waals surface area contributed by atoms with Crippen molar-refractivity contribution in [1.82, 2.24) is 10.2 Å². The number of thiophene rings is 1. The van der Waals surface area contributed by atoms with Crippen LogP contribution in [0.25, 0.3) is 0 Å². The van der Waals surface area contributed by atoms with Gasteiger partial charge in [-0.25, -0.2) is 0 Å². The van der Waals surface area contributed by atoms with E-state index in [1.54, 1.807) is 11.3 Å². The molecule has 1 aliphatic heterocycles. The van der Waals surface area contributed by atoms with Crippen molar-refractivity contribution in [2.75, 3.05) is 19.6 Å². The number of aryl methyl sites for hydroxylation is 2. The Labute approximate surface area is 154 Å². The Morgan fingerprint density at radius 3 is 2.60 bits per heavy atom. The molecule has 0 saturated carbocycles. The minimum Gasteiger partial charge on any atom is -0.349 e. The Hall–Kier alpha value is -1.65. The summed E-state index contributed by atoms with van der Waals surface area (Å²) in [4.78, 5) is 17.5. The highest BCUT2D eigenvalue weighted by Gasteiger charge is 2.24. The molecular weight excluding hydrogens is 328 g/mol. The van der Waals surface area contributed by atoms with Gasteiger partial charge < -0.3 is 5.32 Å². The van der Waals surface area contributed by atoms with Gasteiger partial charge in [-0.05, 0) is 68.8 Å². The van der Waals surface area contributed by atoms with Crippen LogP contribution in [-0.2, 0) is 12.8 Å². The molecule has 2 heterocycles. The minimum atomic E-state index is 0.0968. The largest absolute Gasteiger partial charge is 0.349 e. The first-order valence-electron chi connectivity index (χ1n) is 9.50. The van der Waals surface area contributed by atoms with Crippen molar-refractivity contribution in [3.05, 3.63) is 57.3 Å². The van der Waals surface area contributed by atoms with Gasteiger partial charge in [0.05, 0.1) is 10.9 Å². The Balaban J connectivity index is 1.45. The molecule has 2 aromatic rings. The van der Waals surface area contributed by atoms with Gasteiger partial charge in [-0.2, -0.15) is 0 Å². The van der Waals surface area contributed by atoms with E-state index < -0.39 is 0 Å². The van der Waals surface area contributed by atoms with Gasteiger partial charge in [0.25, 0.3) is 5.91 Å². The molecule has 1 saturated heterocycles. The predicted molar refractivity (Wildman–Crippen MR) is 103 cm³/mol. The van der Waals surface area contributed by atoms with Crippen LogP contribution in [0.15, 0.2) is 36.4 Å². The van der Waals surface area contributed by atoms with Crippen LogP contribution >= 0.6 is 11.3 Å². The first kappa shape index (κ1) is 16.8. The zero-order valence-electron chi connectivity index (χ0n) is 14.7. The van der Waals surface area contributed by atoms with E-state index in [4.69, 9.17) is 0 Å². The van der Waals surface area contributed by atoms with Crippen molar-refractivity contribution >= 4 is 17.2 Å². The first-order chi connectivity index (χ1) is 12.3. The second-order valence-electron chi connectivity index (χ2n) is 7.15. The van der Waals surface area contributed by atoms with E-state index in [0.29, 0.717) is 6.54 Å². The lowest BCUT2D eigenvalue weighted by atomic mass is 9.99. The molecule has 1 fully saturated rings. The maximum Gasteiger partial charge on any atom is 0.261 e. The third-order valence-electron chi connectivity index (χ3n) is 5.44. The van der Waals surface area contributed by atoms with Crippen molar-refractivity contribution in [3.8, 4) is 0 Å². The van der Waals surface area contributed by atoms with Crippen molar-refractivity contribution in [2.45, 2.75) is 44.6 Å². The number of likely N-dealkylation sites (tertiary alicyclic amines) is 1. The van der Waals surface area contributed by atoms with Crippen molar-refractivity contribution in [3.63, 3.8) is 0 Å². The summed E-state index contributed by atoms with van der Waals surface area (Å²) in [5.74, 6) is 0.0968. The number of rotatable bonds is 5. The summed E-state index contributed by atoms with van der Waals surface area (Å²) in [5, 5.41) is 3.21. The summed E-state index contributed by atoms with van der Waals surface area (Å²) in [7, 11) is 0. The van der Waals surface area contributed by atoms with Crippen molar-refractivity contribution in [2.24, 2.45) is 0 Å².